The van der Waals surface area contributed by atoms with Crippen molar-refractivity contribution < 1.29 is 14.5 Å². The van der Waals surface area contributed by atoms with Gasteiger partial charge in [-0.1, -0.05) is 6.07 Å². The van der Waals surface area contributed by atoms with Crippen molar-refractivity contribution in [2.24, 2.45) is 0 Å². The van der Waals surface area contributed by atoms with Crippen molar-refractivity contribution in [2.75, 3.05) is 12.4 Å². The van der Waals surface area contributed by atoms with E-state index in [4.69, 9.17) is 4.74 Å². The predicted molar refractivity (Wildman–Crippen MR) is 61.2 cm³/mol. The molecule has 0 atom stereocenters. The molecule has 1 amide bonds. The first-order valence-corrected chi connectivity index (χ1v) is 5.27. The van der Waals surface area contributed by atoms with E-state index in [0.717, 1.165) is 5.56 Å². The quantitative estimate of drug-likeness (QED) is 0.627. The number of nitro groups is 1. The molecule has 1 aromatic rings. The van der Waals surface area contributed by atoms with Crippen molar-refractivity contribution in [1.82, 2.24) is 0 Å². The van der Waals surface area contributed by atoms with Crippen molar-refractivity contribution in [3.8, 4) is 5.75 Å². The molecule has 0 radical (unpaired) electrons. The first kappa shape index (κ1) is 11.4. The maximum absolute atomic E-state index is 11.4. The van der Waals surface area contributed by atoms with Gasteiger partial charge in [-0.3, -0.25) is 14.9 Å². The molecule has 1 heterocycles. The number of nitro benzene ring substituents is 1. The summed E-state index contributed by atoms with van der Waals surface area (Å²) in [7, 11) is 1.37. The van der Waals surface area contributed by atoms with Crippen LogP contribution in [-0.4, -0.2) is 17.9 Å². The molecule has 0 aliphatic carbocycles. The molecule has 0 aromatic heterocycles. The molecule has 0 spiro atoms. The number of fused-ring (bicyclic) bond motifs is 1. The molecule has 0 bridgehead atoms. The topological polar surface area (TPSA) is 81.5 Å². The number of nitrogens with one attached hydrogen (secondary N) is 1. The molecule has 1 aromatic carbocycles. The van der Waals surface area contributed by atoms with E-state index in [1.165, 1.54) is 7.11 Å². The van der Waals surface area contributed by atoms with E-state index in [1.807, 2.05) is 0 Å². The Morgan fingerprint density at radius 3 is 2.82 bits per heavy atom. The molecular formula is C11H12N2O4. The van der Waals surface area contributed by atoms with Crippen LogP contribution in [0.1, 0.15) is 18.4 Å². The smallest absolute Gasteiger partial charge is 0.334 e. The van der Waals surface area contributed by atoms with Crippen LogP contribution >= 0.6 is 0 Å². The lowest BCUT2D eigenvalue weighted by Gasteiger charge is -2.10. The van der Waals surface area contributed by atoms with Gasteiger partial charge in [0.2, 0.25) is 5.91 Å². The summed E-state index contributed by atoms with van der Waals surface area (Å²) in [5.41, 5.74) is 0.889. The Morgan fingerprint density at radius 1 is 1.41 bits per heavy atom. The van der Waals surface area contributed by atoms with Gasteiger partial charge in [-0.2, -0.15) is 0 Å². The average Bonchev–Trinajstić information content (AvgIpc) is 2.47. The third-order valence-corrected chi connectivity index (χ3v) is 2.74. The van der Waals surface area contributed by atoms with Crippen LogP contribution in [0.25, 0.3) is 0 Å². The zero-order valence-corrected chi connectivity index (χ0v) is 9.36. The molecule has 6 heteroatoms. The third kappa shape index (κ3) is 2.06. The fourth-order valence-corrected chi connectivity index (χ4v) is 1.95. The minimum atomic E-state index is -0.525. The normalized spacial score (nSPS) is 14.5. The van der Waals surface area contributed by atoms with E-state index >= 15 is 0 Å². The van der Waals surface area contributed by atoms with E-state index in [9.17, 15) is 14.9 Å². The number of aryl methyl sites for hydroxylation is 1. The van der Waals surface area contributed by atoms with Gasteiger partial charge in [-0.05, 0) is 24.5 Å². The highest BCUT2D eigenvalue weighted by atomic mass is 16.6. The molecule has 6 nitrogen and oxygen atoms in total. The van der Waals surface area contributed by atoms with E-state index in [2.05, 4.69) is 5.32 Å². The maximum Gasteiger partial charge on any atom is 0.334 e. The van der Waals surface area contributed by atoms with Gasteiger partial charge >= 0.3 is 5.69 Å². The molecule has 1 aliphatic heterocycles. The summed E-state index contributed by atoms with van der Waals surface area (Å²) in [6.07, 6.45) is 1.73. The second kappa shape index (κ2) is 4.40. The Labute approximate surface area is 97.7 Å². The van der Waals surface area contributed by atoms with E-state index in [1.54, 1.807) is 12.1 Å². The zero-order valence-electron chi connectivity index (χ0n) is 9.36. The minimum absolute atomic E-state index is 0.163. The number of methoxy groups -OCH3 is 1. The highest BCUT2D eigenvalue weighted by molar-refractivity contribution is 5.95. The van der Waals surface area contributed by atoms with Crippen LogP contribution in [-0.2, 0) is 11.2 Å². The highest BCUT2D eigenvalue weighted by Crippen LogP contribution is 2.39. The molecule has 0 saturated carbocycles. The lowest BCUT2D eigenvalue weighted by Crippen LogP contribution is -2.11. The van der Waals surface area contributed by atoms with Gasteiger partial charge in [0.25, 0.3) is 0 Å². The van der Waals surface area contributed by atoms with Gasteiger partial charge in [0.15, 0.2) is 5.75 Å². The summed E-state index contributed by atoms with van der Waals surface area (Å²) in [5, 5.41) is 13.6. The number of anilines is 1. The summed E-state index contributed by atoms with van der Waals surface area (Å²) in [6.45, 7) is 0. The number of carbonyl (C=O) groups excluding carboxylic acids is 1. The van der Waals surface area contributed by atoms with Crippen LogP contribution in [0.4, 0.5) is 11.4 Å². The van der Waals surface area contributed by atoms with Crippen molar-refractivity contribution in [2.45, 2.75) is 19.3 Å². The Balaban J connectivity index is 2.61. The number of hydrogen-bond acceptors (Lipinski definition) is 4. The molecule has 2 rings (SSSR count). The molecule has 17 heavy (non-hydrogen) atoms. The van der Waals surface area contributed by atoms with Gasteiger partial charge in [-0.25, -0.2) is 0 Å². The molecule has 0 unspecified atom stereocenters. The van der Waals surface area contributed by atoms with Crippen LogP contribution in [0.15, 0.2) is 12.1 Å². The number of ether oxygens (including phenoxy) is 1. The molecule has 1 N–H and O–H groups in total. The third-order valence-electron chi connectivity index (χ3n) is 2.74. The number of nitrogens with zero attached hydrogens (tertiary/aromatic N) is 1. The standard InChI is InChI=1S/C11H12N2O4/c1-17-8-6-5-7-3-2-4-9(14)12-10(7)11(8)13(15)16/h5-6H,2-4H2,1H3,(H,12,14). The SMILES string of the molecule is COc1ccc2c(c1[N+](=O)[O-])NC(=O)CCC2. The summed E-state index contributed by atoms with van der Waals surface area (Å²) >= 11 is 0. The number of benzene rings is 1. The Morgan fingerprint density at radius 2 is 2.18 bits per heavy atom. The predicted octanol–water partition coefficient (Wildman–Crippen LogP) is 1.88. The first-order valence-electron chi connectivity index (χ1n) is 5.27. The Hall–Kier alpha value is -2.11. The second-order valence-corrected chi connectivity index (χ2v) is 3.81. The lowest BCUT2D eigenvalue weighted by molar-refractivity contribution is -0.384. The summed E-state index contributed by atoms with van der Waals surface area (Å²) < 4.78 is 4.96. The van der Waals surface area contributed by atoms with Crippen LogP contribution in [0, 0.1) is 10.1 Å². The molecule has 1 aliphatic rings. The molecule has 0 fully saturated rings. The van der Waals surface area contributed by atoms with Gasteiger partial charge in [0.05, 0.1) is 12.0 Å². The second-order valence-electron chi connectivity index (χ2n) is 3.81. The Kier molecular flexibility index (Phi) is 2.95. The number of hydrogen-bond donors (Lipinski definition) is 1. The van der Waals surface area contributed by atoms with Gasteiger partial charge in [-0.15, -0.1) is 0 Å². The van der Waals surface area contributed by atoms with Gasteiger partial charge in [0, 0.05) is 6.42 Å². The van der Waals surface area contributed by atoms with E-state index in [-0.39, 0.29) is 23.0 Å². The number of rotatable bonds is 2. The number of amides is 1. The maximum atomic E-state index is 11.4. The van der Waals surface area contributed by atoms with Crippen LogP contribution in [0.3, 0.4) is 0 Å². The van der Waals surface area contributed by atoms with Gasteiger partial charge < -0.3 is 10.1 Å². The fourth-order valence-electron chi connectivity index (χ4n) is 1.95. The van der Waals surface area contributed by atoms with Crippen molar-refractivity contribution in [1.29, 1.82) is 0 Å². The van der Waals surface area contributed by atoms with Crippen molar-refractivity contribution >= 4 is 17.3 Å². The summed E-state index contributed by atoms with van der Waals surface area (Å²) in [5.74, 6) is -0.0314. The molecule has 0 saturated heterocycles. The fraction of sp³-hybridized carbons (Fsp3) is 0.364. The number of carbonyl (C=O) groups is 1. The van der Waals surface area contributed by atoms with E-state index in [0.29, 0.717) is 19.3 Å². The zero-order chi connectivity index (χ0) is 12.4. The highest BCUT2D eigenvalue weighted by Gasteiger charge is 2.26. The minimum Gasteiger partial charge on any atom is -0.490 e. The lowest BCUT2D eigenvalue weighted by atomic mass is 10.1. The van der Waals surface area contributed by atoms with E-state index < -0.39 is 4.92 Å². The first-order chi connectivity index (χ1) is 8.13. The molecular weight excluding hydrogens is 224 g/mol. The van der Waals surface area contributed by atoms with Crippen molar-refractivity contribution in [3.63, 3.8) is 0 Å². The molecule has 90 valence electrons. The van der Waals surface area contributed by atoms with Crippen LogP contribution < -0.4 is 10.1 Å². The van der Waals surface area contributed by atoms with Crippen LogP contribution in [0.5, 0.6) is 5.75 Å². The van der Waals surface area contributed by atoms with Gasteiger partial charge in [0.1, 0.15) is 5.69 Å². The largest absolute Gasteiger partial charge is 0.490 e. The monoisotopic (exact) mass is 236 g/mol. The Bertz CT molecular complexity index is 485. The van der Waals surface area contributed by atoms with Crippen molar-refractivity contribution in [3.05, 3.63) is 27.8 Å². The average molecular weight is 236 g/mol. The van der Waals surface area contributed by atoms with Crippen LogP contribution in [0.2, 0.25) is 0 Å². The summed E-state index contributed by atoms with van der Waals surface area (Å²) in [4.78, 5) is 22.0. The summed E-state index contributed by atoms with van der Waals surface area (Å²) in [6, 6.07) is 3.32.